The average molecular weight is 441 g/mol. The lowest BCUT2D eigenvalue weighted by molar-refractivity contribution is 0.0681. The first-order valence-corrected chi connectivity index (χ1v) is 10.8. The molecule has 0 aliphatic heterocycles. The molecule has 0 amide bonds. The highest BCUT2D eigenvalue weighted by Gasteiger charge is 2.22. The Morgan fingerprint density at radius 2 is 2.00 bits per heavy atom. The van der Waals surface area contributed by atoms with E-state index >= 15 is 0 Å². The van der Waals surface area contributed by atoms with Crippen LogP contribution in [0, 0.1) is 6.92 Å². The number of imidazole rings is 1. The van der Waals surface area contributed by atoms with E-state index < -0.39 is 13.0 Å². The van der Waals surface area contributed by atoms with Crippen LogP contribution < -0.4 is 5.32 Å². The van der Waals surface area contributed by atoms with E-state index in [4.69, 9.17) is 4.74 Å². The van der Waals surface area contributed by atoms with E-state index in [-0.39, 0.29) is 0 Å². The number of rotatable bonds is 6. The summed E-state index contributed by atoms with van der Waals surface area (Å²) in [5.74, 6) is 1.11. The number of nitrogens with zero attached hydrogens (tertiary/aromatic N) is 5. The predicted octanol–water partition coefficient (Wildman–Crippen LogP) is 4.31. The van der Waals surface area contributed by atoms with Gasteiger partial charge in [0, 0.05) is 48.3 Å². The molecule has 2 N–H and O–H groups in total. The number of methoxy groups -OCH3 is 1. The van der Waals surface area contributed by atoms with Crippen molar-refractivity contribution in [2.24, 2.45) is 0 Å². The summed E-state index contributed by atoms with van der Waals surface area (Å²) in [7, 11) is 1.76. The number of fused-ring (bicyclic) bond motifs is 2. The number of anilines is 1. The number of alkyl halides is 2. The minimum Gasteiger partial charge on any atom is -0.381 e. The Labute approximate surface area is 183 Å². The second kappa shape index (κ2) is 8.42. The number of hydrogen-bond donors (Lipinski definition) is 2. The highest BCUT2D eigenvalue weighted by atomic mass is 19.3. The van der Waals surface area contributed by atoms with Crippen molar-refractivity contribution < 1.29 is 13.5 Å². The fourth-order valence-electron chi connectivity index (χ4n) is 4.48. The van der Waals surface area contributed by atoms with E-state index in [2.05, 4.69) is 30.2 Å². The third-order valence-corrected chi connectivity index (χ3v) is 6.20. The minimum atomic E-state index is -2.47. The zero-order chi connectivity index (χ0) is 22.2. The van der Waals surface area contributed by atoms with Crippen LogP contribution in [0.1, 0.15) is 31.5 Å². The average Bonchev–Trinajstić information content (AvgIpc) is 3.34. The highest BCUT2D eigenvalue weighted by molar-refractivity contribution is 5.95. The van der Waals surface area contributed by atoms with E-state index in [0.29, 0.717) is 40.7 Å². The number of nitrogens with one attached hydrogen (secondary N) is 2. The molecule has 4 heterocycles. The van der Waals surface area contributed by atoms with Gasteiger partial charge in [0.1, 0.15) is 11.5 Å². The standard InChI is InChI=1S/C22H25F2N7O/c1-12-28-21-18(31(12)11-19(23)24)7-13(8-25-21)16-9-26-20-17(16)10-27-22(30-20)29-14-3-5-15(32-2)6-4-14/h7-10,14-15,19H,3-6,11H2,1-2H3,(H2,26,27,29,30)/t14-,15+. The van der Waals surface area contributed by atoms with Crippen LogP contribution in [0.5, 0.6) is 0 Å². The number of pyridine rings is 1. The Morgan fingerprint density at radius 3 is 2.75 bits per heavy atom. The van der Waals surface area contributed by atoms with Crippen LogP contribution in [0.4, 0.5) is 14.7 Å². The van der Waals surface area contributed by atoms with Crippen LogP contribution in [-0.4, -0.2) is 55.2 Å². The Bertz CT molecular complexity index is 1240. The molecule has 32 heavy (non-hydrogen) atoms. The summed E-state index contributed by atoms with van der Waals surface area (Å²) in [5.41, 5.74) is 3.41. The van der Waals surface area contributed by atoms with Crippen molar-refractivity contribution in [1.29, 1.82) is 0 Å². The summed E-state index contributed by atoms with van der Waals surface area (Å²) in [5, 5.41) is 4.27. The molecule has 0 radical (unpaired) electrons. The summed E-state index contributed by atoms with van der Waals surface area (Å²) in [6.45, 7) is 1.30. The van der Waals surface area contributed by atoms with E-state index in [0.717, 1.165) is 42.2 Å². The van der Waals surface area contributed by atoms with Gasteiger partial charge in [-0.05, 0) is 38.7 Å². The topological polar surface area (TPSA) is 93.5 Å². The van der Waals surface area contributed by atoms with Crippen molar-refractivity contribution in [2.75, 3.05) is 12.4 Å². The quantitative estimate of drug-likeness (QED) is 0.463. The first kappa shape index (κ1) is 20.7. The van der Waals surface area contributed by atoms with Gasteiger partial charge in [0.05, 0.1) is 18.2 Å². The number of aromatic amines is 1. The highest BCUT2D eigenvalue weighted by Crippen LogP contribution is 2.30. The molecule has 0 spiro atoms. The zero-order valence-corrected chi connectivity index (χ0v) is 18.0. The van der Waals surface area contributed by atoms with E-state index in [1.807, 2.05) is 12.3 Å². The van der Waals surface area contributed by atoms with Gasteiger partial charge in [0.15, 0.2) is 5.65 Å². The summed E-state index contributed by atoms with van der Waals surface area (Å²) in [6, 6.07) is 2.17. The molecule has 4 aromatic heterocycles. The lowest BCUT2D eigenvalue weighted by atomic mass is 9.93. The third kappa shape index (κ3) is 3.90. The molecular formula is C22H25F2N7O. The smallest absolute Gasteiger partial charge is 0.256 e. The number of aryl methyl sites for hydroxylation is 1. The van der Waals surface area contributed by atoms with E-state index in [1.54, 1.807) is 26.4 Å². The van der Waals surface area contributed by atoms with Crippen molar-refractivity contribution >= 4 is 28.1 Å². The minimum absolute atomic E-state index is 0.332. The number of ether oxygens (including phenoxy) is 1. The van der Waals surface area contributed by atoms with Crippen LogP contribution in [0.15, 0.2) is 24.7 Å². The number of hydrogen-bond acceptors (Lipinski definition) is 6. The van der Waals surface area contributed by atoms with Gasteiger partial charge in [0.25, 0.3) is 6.43 Å². The molecule has 5 rings (SSSR count). The molecule has 0 saturated heterocycles. The lowest BCUT2D eigenvalue weighted by Crippen LogP contribution is -2.29. The first-order chi connectivity index (χ1) is 15.5. The zero-order valence-electron chi connectivity index (χ0n) is 18.0. The van der Waals surface area contributed by atoms with Crippen LogP contribution in [0.3, 0.4) is 0 Å². The Hall–Kier alpha value is -3.14. The van der Waals surface area contributed by atoms with Gasteiger partial charge in [-0.15, -0.1) is 0 Å². The van der Waals surface area contributed by atoms with E-state index in [1.165, 1.54) is 4.57 Å². The molecule has 0 atom stereocenters. The molecule has 0 bridgehead atoms. The van der Waals surface area contributed by atoms with Crippen LogP contribution in [-0.2, 0) is 11.3 Å². The van der Waals surface area contributed by atoms with Crippen LogP contribution in [0.2, 0.25) is 0 Å². The summed E-state index contributed by atoms with van der Waals surface area (Å²) < 4.78 is 33.0. The second-order valence-electron chi connectivity index (χ2n) is 8.24. The van der Waals surface area contributed by atoms with Gasteiger partial charge in [-0.1, -0.05) is 0 Å². The second-order valence-corrected chi connectivity index (χ2v) is 8.24. The maximum Gasteiger partial charge on any atom is 0.256 e. The summed E-state index contributed by atoms with van der Waals surface area (Å²) in [4.78, 5) is 21.0. The molecular weight excluding hydrogens is 416 g/mol. The molecule has 1 fully saturated rings. The fraction of sp³-hybridized carbons (Fsp3) is 0.455. The molecule has 10 heteroatoms. The van der Waals surface area contributed by atoms with Crippen molar-refractivity contribution in [3.63, 3.8) is 0 Å². The van der Waals surface area contributed by atoms with Gasteiger partial charge in [-0.25, -0.2) is 23.7 Å². The molecule has 1 aliphatic carbocycles. The van der Waals surface area contributed by atoms with Gasteiger partial charge >= 0.3 is 0 Å². The van der Waals surface area contributed by atoms with Crippen molar-refractivity contribution in [1.82, 2.24) is 29.5 Å². The lowest BCUT2D eigenvalue weighted by Gasteiger charge is -2.28. The number of H-pyrrole nitrogens is 1. The number of aromatic nitrogens is 6. The fourth-order valence-corrected chi connectivity index (χ4v) is 4.48. The largest absolute Gasteiger partial charge is 0.381 e. The Kier molecular flexibility index (Phi) is 5.46. The van der Waals surface area contributed by atoms with Gasteiger partial charge in [-0.2, -0.15) is 4.98 Å². The van der Waals surface area contributed by atoms with Crippen molar-refractivity contribution in [3.8, 4) is 11.1 Å². The monoisotopic (exact) mass is 441 g/mol. The molecule has 8 nitrogen and oxygen atoms in total. The molecule has 1 saturated carbocycles. The Morgan fingerprint density at radius 1 is 1.19 bits per heavy atom. The van der Waals surface area contributed by atoms with Crippen molar-refractivity contribution in [2.45, 2.75) is 57.7 Å². The third-order valence-electron chi connectivity index (χ3n) is 6.20. The van der Waals surface area contributed by atoms with E-state index in [9.17, 15) is 8.78 Å². The molecule has 0 unspecified atom stereocenters. The maximum atomic E-state index is 13.0. The van der Waals surface area contributed by atoms with Gasteiger partial charge in [0.2, 0.25) is 5.95 Å². The molecule has 1 aliphatic rings. The van der Waals surface area contributed by atoms with Crippen molar-refractivity contribution in [3.05, 3.63) is 30.5 Å². The SMILES string of the molecule is CO[C@H]1CC[C@@H](Nc2ncc3c(-c4cnc5nc(C)n(CC(F)F)c5c4)c[nH]c3n2)CC1. The van der Waals surface area contributed by atoms with Crippen LogP contribution >= 0.6 is 0 Å². The number of halogens is 2. The first-order valence-electron chi connectivity index (χ1n) is 10.8. The summed E-state index contributed by atoms with van der Waals surface area (Å²) in [6.07, 6.45) is 7.30. The molecule has 4 aromatic rings. The van der Waals surface area contributed by atoms with Gasteiger partial charge in [-0.3, -0.25) is 0 Å². The molecule has 168 valence electrons. The maximum absolute atomic E-state index is 13.0. The normalized spacial score (nSPS) is 19.3. The Balaban J connectivity index is 1.42. The summed E-state index contributed by atoms with van der Waals surface area (Å²) >= 11 is 0. The van der Waals surface area contributed by atoms with Gasteiger partial charge < -0.3 is 19.6 Å². The molecule has 0 aromatic carbocycles. The predicted molar refractivity (Wildman–Crippen MR) is 118 cm³/mol. The van der Waals surface area contributed by atoms with Crippen LogP contribution in [0.25, 0.3) is 33.3 Å².